The average Bonchev–Trinajstić information content (AvgIpc) is 3.34. The minimum atomic E-state index is -1.12. The Morgan fingerprint density at radius 2 is 1.55 bits per heavy atom. The van der Waals surface area contributed by atoms with E-state index in [0.717, 1.165) is 22.3 Å². The summed E-state index contributed by atoms with van der Waals surface area (Å²) < 4.78 is 18.1. The van der Waals surface area contributed by atoms with Gasteiger partial charge in [-0.1, -0.05) is 72.3 Å². The van der Waals surface area contributed by atoms with Crippen molar-refractivity contribution in [1.82, 2.24) is 5.32 Å². The molecule has 7 nitrogen and oxygen atoms in total. The Balaban J connectivity index is 1.34. The van der Waals surface area contributed by atoms with Crippen molar-refractivity contribution in [2.75, 3.05) is 13.2 Å². The maximum atomic E-state index is 12.9. The van der Waals surface area contributed by atoms with E-state index in [1.165, 1.54) is 6.07 Å². The van der Waals surface area contributed by atoms with E-state index in [0.29, 0.717) is 16.1 Å². The monoisotopic (exact) mass is 559 g/mol. The Morgan fingerprint density at radius 3 is 2.12 bits per heavy atom. The van der Waals surface area contributed by atoms with Crippen LogP contribution in [0.15, 0.2) is 72.2 Å². The molecule has 3 aromatic rings. The smallest absolute Gasteiger partial charge is 0.478 e. The highest BCUT2D eigenvalue weighted by Crippen LogP contribution is 2.44. The molecule has 0 bridgehead atoms. The Bertz CT molecular complexity index is 1440. The Hall–Kier alpha value is -3.59. The largest absolute Gasteiger partial charge is 0.492 e. The second kappa shape index (κ2) is 10.8. The minimum Gasteiger partial charge on any atom is -0.478 e. The lowest BCUT2D eigenvalue weighted by molar-refractivity contribution is 0.00578. The molecule has 206 valence electrons. The van der Waals surface area contributed by atoms with Crippen molar-refractivity contribution in [3.05, 3.63) is 99.5 Å². The number of nitrogens with one attached hydrogen (secondary N) is 1. The summed E-state index contributed by atoms with van der Waals surface area (Å²) in [6.07, 6.45) is 1.06. The lowest BCUT2D eigenvalue weighted by atomic mass is 9.76. The van der Waals surface area contributed by atoms with Gasteiger partial charge in [0.15, 0.2) is 0 Å². The van der Waals surface area contributed by atoms with E-state index >= 15 is 0 Å². The third-order valence-electron chi connectivity index (χ3n) is 7.92. The van der Waals surface area contributed by atoms with Crippen LogP contribution in [0.1, 0.15) is 60.7 Å². The normalized spacial score (nSPS) is 17.3. The van der Waals surface area contributed by atoms with E-state index in [9.17, 15) is 14.7 Å². The second-order valence-electron chi connectivity index (χ2n) is 11.0. The van der Waals surface area contributed by atoms with Crippen LogP contribution in [0.5, 0.6) is 0 Å². The molecule has 0 aromatic heterocycles. The molecule has 0 spiro atoms. The first-order valence-electron chi connectivity index (χ1n) is 13.1. The maximum Gasteiger partial charge on any atom is 0.492 e. The lowest BCUT2D eigenvalue weighted by Gasteiger charge is -2.32. The van der Waals surface area contributed by atoms with Gasteiger partial charge in [0.05, 0.1) is 16.8 Å². The van der Waals surface area contributed by atoms with Crippen LogP contribution < -0.4 is 5.32 Å². The van der Waals surface area contributed by atoms with Gasteiger partial charge in [-0.25, -0.2) is 9.59 Å². The van der Waals surface area contributed by atoms with Gasteiger partial charge in [0.1, 0.15) is 6.61 Å². The van der Waals surface area contributed by atoms with Gasteiger partial charge in [0.2, 0.25) is 0 Å². The topological polar surface area (TPSA) is 94.1 Å². The zero-order valence-corrected chi connectivity index (χ0v) is 23.6. The molecule has 1 aliphatic carbocycles. The zero-order valence-electron chi connectivity index (χ0n) is 22.9. The van der Waals surface area contributed by atoms with E-state index in [-0.39, 0.29) is 24.6 Å². The zero-order chi connectivity index (χ0) is 28.7. The van der Waals surface area contributed by atoms with Crippen LogP contribution >= 0.6 is 11.6 Å². The van der Waals surface area contributed by atoms with Gasteiger partial charge in [-0.05, 0) is 73.1 Å². The first-order valence-corrected chi connectivity index (χ1v) is 13.5. The molecule has 1 heterocycles. The number of hydrogen-bond acceptors (Lipinski definition) is 5. The molecule has 3 aromatic carbocycles. The molecular formula is C31H31BClNO6. The molecule has 1 saturated heterocycles. The number of ether oxygens (including phenoxy) is 1. The van der Waals surface area contributed by atoms with Crippen molar-refractivity contribution in [2.24, 2.45) is 0 Å². The summed E-state index contributed by atoms with van der Waals surface area (Å²) >= 11 is 6.05. The van der Waals surface area contributed by atoms with Gasteiger partial charge in [-0.15, -0.1) is 0 Å². The number of fused-ring (bicyclic) bond motifs is 3. The van der Waals surface area contributed by atoms with Crippen molar-refractivity contribution in [3.8, 4) is 11.1 Å². The number of carbonyl (C=O) groups is 2. The van der Waals surface area contributed by atoms with Crippen LogP contribution in [0.3, 0.4) is 0 Å². The SMILES string of the molecule is CC1(C)OB(C(=Cc2ccc(Cl)cc2C(=O)O)CNC(=O)OCC2c3ccccc3-c3ccccc32)OC1(C)C. The van der Waals surface area contributed by atoms with Gasteiger partial charge in [0, 0.05) is 17.5 Å². The number of alkyl carbamates (subject to hydrolysis) is 1. The molecular weight excluding hydrogens is 529 g/mol. The Morgan fingerprint density at radius 1 is 0.975 bits per heavy atom. The van der Waals surface area contributed by atoms with Crippen molar-refractivity contribution in [3.63, 3.8) is 0 Å². The standard InChI is InChI=1S/C31H31BClNO6/c1-30(2)31(3,4)40-32(39-30)20(15-19-13-14-21(33)16-26(19)28(35)36)17-34-29(37)38-18-27-24-11-7-5-9-22(24)23-10-6-8-12-25(23)27/h5-16,27H,17-18H2,1-4H3,(H,34,37)(H,35,36). The van der Waals surface area contributed by atoms with E-state index in [1.807, 2.05) is 52.0 Å². The molecule has 9 heteroatoms. The summed E-state index contributed by atoms with van der Waals surface area (Å²) in [5.74, 6) is -1.19. The number of benzene rings is 3. The number of amides is 1. The number of rotatable bonds is 7. The van der Waals surface area contributed by atoms with E-state index in [2.05, 4.69) is 29.6 Å². The molecule has 1 amide bonds. The van der Waals surface area contributed by atoms with Crippen molar-refractivity contribution >= 4 is 36.9 Å². The summed E-state index contributed by atoms with van der Waals surface area (Å²) in [5, 5.41) is 12.8. The van der Waals surface area contributed by atoms with Crippen LogP contribution in [0.2, 0.25) is 5.02 Å². The van der Waals surface area contributed by atoms with Crippen molar-refractivity contribution < 1.29 is 28.7 Å². The fourth-order valence-corrected chi connectivity index (χ4v) is 5.23. The number of carbonyl (C=O) groups excluding carboxylic acids is 1. The van der Waals surface area contributed by atoms with Crippen LogP contribution in [0.25, 0.3) is 17.2 Å². The van der Waals surface area contributed by atoms with Crippen LogP contribution in [0, 0.1) is 0 Å². The molecule has 2 N–H and O–H groups in total. The third kappa shape index (κ3) is 5.39. The molecule has 1 aliphatic heterocycles. The molecule has 5 rings (SSSR count). The Labute approximate surface area is 239 Å². The molecule has 1 fully saturated rings. The molecule has 0 radical (unpaired) electrons. The van der Waals surface area contributed by atoms with Crippen LogP contribution in [-0.2, 0) is 14.0 Å². The van der Waals surface area contributed by atoms with Gasteiger partial charge in [-0.3, -0.25) is 0 Å². The number of carboxylic acid groups (broad SMARTS) is 1. The van der Waals surface area contributed by atoms with Gasteiger partial charge in [-0.2, -0.15) is 0 Å². The third-order valence-corrected chi connectivity index (χ3v) is 8.16. The van der Waals surface area contributed by atoms with Crippen molar-refractivity contribution in [2.45, 2.75) is 44.8 Å². The Kier molecular flexibility index (Phi) is 7.53. The highest BCUT2D eigenvalue weighted by atomic mass is 35.5. The highest BCUT2D eigenvalue weighted by molar-refractivity contribution is 6.56. The number of halogens is 1. The predicted octanol–water partition coefficient (Wildman–Crippen LogP) is 6.59. The average molecular weight is 560 g/mol. The molecule has 40 heavy (non-hydrogen) atoms. The summed E-state index contributed by atoms with van der Waals surface area (Å²) in [6, 6.07) is 20.9. The summed E-state index contributed by atoms with van der Waals surface area (Å²) in [7, 11) is -0.809. The molecule has 0 saturated carbocycles. The number of hydrogen-bond donors (Lipinski definition) is 2. The highest BCUT2D eigenvalue weighted by Gasteiger charge is 2.52. The number of aromatic carboxylic acids is 1. The number of carboxylic acids is 1. The summed E-state index contributed by atoms with van der Waals surface area (Å²) in [6.45, 7) is 7.90. The first-order chi connectivity index (χ1) is 19.0. The van der Waals surface area contributed by atoms with Crippen molar-refractivity contribution in [1.29, 1.82) is 0 Å². The minimum absolute atomic E-state index is 0.0230. The fraction of sp³-hybridized carbons (Fsp3) is 0.290. The fourth-order valence-electron chi connectivity index (χ4n) is 5.06. The molecule has 2 aliphatic rings. The van der Waals surface area contributed by atoms with E-state index in [4.69, 9.17) is 25.6 Å². The first kappa shape index (κ1) is 28.0. The van der Waals surface area contributed by atoms with E-state index in [1.54, 1.807) is 18.2 Å². The maximum absolute atomic E-state index is 12.9. The summed E-state index contributed by atoms with van der Waals surface area (Å²) in [4.78, 5) is 24.8. The second-order valence-corrected chi connectivity index (χ2v) is 11.5. The molecule has 0 unspecified atom stereocenters. The van der Waals surface area contributed by atoms with Gasteiger partial charge in [0.25, 0.3) is 0 Å². The predicted molar refractivity (Wildman–Crippen MR) is 156 cm³/mol. The van der Waals surface area contributed by atoms with Crippen LogP contribution in [-0.4, -0.2) is 48.6 Å². The van der Waals surface area contributed by atoms with Gasteiger partial charge >= 0.3 is 19.2 Å². The molecule has 0 atom stereocenters. The summed E-state index contributed by atoms with van der Waals surface area (Å²) in [5.41, 5.74) is 4.27. The lowest BCUT2D eigenvalue weighted by Crippen LogP contribution is -2.41. The van der Waals surface area contributed by atoms with Crippen LogP contribution in [0.4, 0.5) is 4.79 Å². The quantitative estimate of drug-likeness (QED) is 0.317. The van der Waals surface area contributed by atoms with Gasteiger partial charge < -0.3 is 24.5 Å². The van der Waals surface area contributed by atoms with E-state index < -0.39 is 30.4 Å².